The van der Waals surface area contributed by atoms with E-state index in [1.54, 1.807) is 12.1 Å². The lowest BCUT2D eigenvalue weighted by Gasteiger charge is -2.24. The van der Waals surface area contributed by atoms with Crippen LogP contribution in [0.25, 0.3) is 11.5 Å². The van der Waals surface area contributed by atoms with Crippen molar-refractivity contribution in [3.8, 4) is 17.2 Å². The van der Waals surface area contributed by atoms with Crippen molar-refractivity contribution in [1.82, 2.24) is 10.1 Å². The Balaban J connectivity index is 1.93. The van der Waals surface area contributed by atoms with Crippen LogP contribution in [-0.2, 0) is 10.3 Å². The van der Waals surface area contributed by atoms with E-state index < -0.39 is 5.60 Å². The zero-order valence-electron chi connectivity index (χ0n) is 11.8. The molecule has 5 nitrogen and oxygen atoms in total. The van der Waals surface area contributed by atoms with E-state index in [9.17, 15) is 5.11 Å². The molecule has 0 atom stereocenters. The summed E-state index contributed by atoms with van der Waals surface area (Å²) in [4.78, 5) is 4.49. The largest absolute Gasteiger partial charge is 0.507 e. The number of aromatic hydroxyl groups is 1. The number of ether oxygens (including phenoxy) is 1. The molecule has 0 saturated heterocycles. The van der Waals surface area contributed by atoms with Crippen molar-refractivity contribution >= 4 is 15.9 Å². The van der Waals surface area contributed by atoms with Crippen molar-refractivity contribution in [2.45, 2.75) is 38.2 Å². The number of halogens is 1. The topological polar surface area (TPSA) is 68.4 Å². The van der Waals surface area contributed by atoms with Gasteiger partial charge >= 0.3 is 0 Å². The van der Waals surface area contributed by atoms with Crippen molar-refractivity contribution < 1.29 is 14.4 Å². The summed E-state index contributed by atoms with van der Waals surface area (Å²) >= 11 is 3.25. The first-order valence-corrected chi connectivity index (χ1v) is 7.91. The molecule has 6 heteroatoms. The molecule has 1 aliphatic rings. The van der Waals surface area contributed by atoms with E-state index in [4.69, 9.17) is 9.26 Å². The average molecular weight is 353 g/mol. The number of phenolic OH excluding ortho intramolecular Hbond substituents is 1. The van der Waals surface area contributed by atoms with Crippen molar-refractivity contribution in [3.05, 3.63) is 28.5 Å². The van der Waals surface area contributed by atoms with Crippen molar-refractivity contribution in [2.75, 3.05) is 6.61 Å². The molecule has 112 valence electrons. The first-order valence-electron chi connectivity index (χ1n) is 7.12. The Morgan fingerprint density at radius 3 is 2.81 bits per heavy atom. The van der Waals surface area contributed by atoms with Crippen LogP contribution in [0.4, 0.5) is 0 Å². The quantitative estimate of drug-likeness (QED) is 0.900. The number of nitrogens with zero attached hydrogens (tertiary/aromatic N) is 2. The number of rotatable bonds is 4. The molecule has 3 rings (SSSR count). The molecule has 1 saturated carbocycles. The molecular weight excluding hydrogens is 336 g/mol. The van der Waals surface area contributed by atoms with E-state index in [0.29, 0.717) is 28.4 Å². The number of benzene rings is 1. The number of hydrogen-bond acceptors (Lipinski definition) is 5. The maximum Gasteiger partial charge on any atom is 0.258 e. The van der Waals surface area contributed by atoms with E-state index >= 15 is 0 Å². The monoisotopic (exact) mass is 352 g/mol. The van der Waals surface area contributed by atoms with E-state index in [-0.39, 0.29) is 5.75 Å². The van der Waals surface area contributed by atoms with Gasteiger partial charge in [0.05, 0.1) is 4.47 Å². The third-order valence-corrected chi connectivity index (χ3v) is 4.53. The number of aromatic nitrogens is 2. The van der Waals surface area contributed by atoms with Gasteiger partial charge in [-0.25, -0.2) is 0 Å². The Kier molecular flexibility index (Phi) is 3.99. The second-order valence-corrected chi connectivity index (χ2v) is 6.08. The van der Waals surface area contributed by atoms with Gasteiger partial charge in [-0.05, 0) is 66.7 Å². The zero-order valence-corrected chi connectivity index (χ0v) is 13.4. The Labute approximate surface area is 131 Å². The molecule has 1 fully saturated rings. The van der Waals surface area contributed by atoms with Gasteiger partial charge in [0.25, 0.3) is 5.89 Å². The second kappa shape index (κ2) is 5.77. The van der Waals surface area contributed by atoms with Gasteiger partial charge < -0.3 is 14.4 Å². The molecule has 2 aromatic rings. The summed E-state index contributed by atoms with van der Waals surface area (Å²) in [5, 5.41) is 13.9. The van der Waals surface area contributed by atoms with Crippen LogP contribution in [0, 0.1) is 0 Å². The maximum absolute atomic E-state index is 9.75. The molecule has 0 aliphatic heterocycles. The van der Waals surface area contributed by atoms with Crippen LogP contribution in [0.15, 0.2) is 27.2 Å². The van der Waals surface area contributed by atoms with Gasteiger partial charge in [0, 0.05) is 12.2 Å². The fourth-order valence-corrected chi connectivity index (χ4v) is 3.07. The molecular formula is C15H17BrN2O3. The van der Waals surface area contributed by atoms with Crippen LogP contribution >= 0.6 is 15.9 Å². The zero-order chi connectivity index (χ0) is 14.9. The first kappa shape index (κ1) is 14.5. The van der Waals surface area contributed by atoms with Gasteiger partial charge in [-0.15, -0.1) is 0 Å². The van der Waals surface area contributed by atoms with Crippen LogP contribution in [0.5, 0.6) is 5.75 Å². The highest BCUT2D eigenvalue weighted by atomic mass is 79.9. The van der Waals surface area contributed by atoms with Gasteiger partial charge in [-0.3, -0.25) is 0 Å². The molecule has 0 amide bonds. The fourth-order valence-electron chi connectivity index (χ4n) is 2.83. The van der Waals surface area contributed by atoms with Crippen molar-refractivity contribution in [1.29, 1.82) is 0 Å². The number of phenols is 1. The molecule has 1 aliphatic carbocycles. The third kappa shape index (κ3) is 2.70. The lowest BCUT2D eigenvalue weighted by molar-refractivity contribution is -0.0469. The highest BCUT2D eigenvalue weighted by molar-refractivity contribution is 9.10. The predicted octanol–water partition coefficient (Wildman–Crippen LogP) is 4.01. The van der Waals surface area contributed by atoms with E-state index in [2.05, 4.69) is 26.1 Å². The van der Waals surface area contributed by atoms with Crippen LogP contribution in [0.1, 0.15) is 38.4 Å². The SMILES string of the molecule is CCOC1(c2noc(-c3ccc(Br)c(O)c3)n2)CCCC1. The summed E-state index contributed by atoms with van der Waals surface area (Å²) < 4.78 is 11.9. The van der Waals surface area contributed by atoms with Crippen LogP contribution in [-0.4, -0.2) is 21.9 Å². The Bertz CT molecular complexity index is 636. The maximum atomic E-state index is 9.75. The van der Waals surface area contributed by atoms with E-state index in [1.165, 1.54) is 0 Å². The summed E-state index contributed by atoms with van der Waals surface area (Å²) in [7, 11) is 0. The van der Waals surface area contributed by atoms with E-state index in [1.807, 2.05) is 13.0 Å². The van der Waals surface area contributed by atoms with Crippen molar-refractivity contribution in [3.63, 3.8) is 0 Å². The molecule has 0 spiro atoms. The Morgan fingerprint density at radius 2 is 2.14 bits per heavy atom. The minimum atomic E-state index is -0.409. The summed E-state index contributed by atoms with van der Waals surface area (Å²) in [6, 6.07) is 5.18. The standard InChI is InChI=1S/C15H17BrN2O3/c1-2-20-15(7-3-4-8-15)14-17-13(21-18-14)10-5-6-11(16)12(19)9-10/h5-6,9,19H,2-4,7-8H2,1H3. The summed E-state index contributed by atoms with van der Waals surface area (Å²) in [5.41, 5.74) is 0.285. The highest BCUT2D eigenvalue weighted by Gasteiger charge is 2.40. The molecule has 1 N–H and O–H groups in total. The lowest BCUT2D eigenvalue weighted by Crippen LogP contribution is -2.27. The lowest BCUT2D eigenvalue weighted by atomic mass is 10.0. The summed E-state index contributed by atoms with van der Waals surface area (Å²) in [5.74, 6) is 1.16. The van der Waals surface area contributed by atoms with Gasteiger partial charge in [0.15, 0.2) is 0 Å². The molecule has 1 aromatic heterocycles. The summed E-state index contributed by atoms with van der Waals surface area (Å²) in [6.07, 6.45) is 4.07. The first-order chi connectivity index (χ1) is 10.1. The van der Waals surface area contributed by atoms with Gasteiger partial charge in [0.1, 0.15) is 11.4 Å². The Morgan fingerprint density at radius 1 is 1.38 bits per heavy atom. The van der Waals surface area contributed by atoms with Crippen LogP contribution in [0.3, 0.4) is 0 Å². The second-order valence-electron chi connectivity index (χ2n) is 5.22. The van der Waals surface area contributed by atoms with Gasteiger partial charge in [-0.1, -0.05) is 5.16 Å². The van der Waals surface area contributed by atoms with Crippen molar-refractivity contribution in [2.24, 2.45) is 0 Å². The van der Waals surface area contributed by atoms with Crippen LogP contribution in [0.2, 0.25) is 0 Å². The Hall–Kier alpha value is -1.40. The molecule has 1 heterocycles. The van der Waals surface area contributed by atoms with Gasteiger partial charge in [-0.2, -0.15) is 4.98 Å². The molecule has 0 unspecified atom stereocenters. The molecule has 0 bridgehead atoms. The highest BCUT2D eigenvalue weighted by Crippen LogP contribution is 2.41. The minimum absolute atomic E-state index is 0.146. The smallest absolute Gasteiger partial charge is 0.258 e. The molecule has 21 heavy (non-hydrogen) atoms. The van der Waals surface area contributed by atoms with Gasteiger partial charge in [0.2, 0.25) is 5.82 Å². The fraction of sp³-hybridized carbons (Fsp3) is 0.467. The number of hydrogen-bond donors (Lipinski definition) is 1. The minimum Gasteiger partial charge on any atom is -0.507 e. The normalized spacial score (nSPS) is 17.2. The average Bonchev–Trinajstić information content (AvgIpc) is 3.12. The molecule has 0 radical (unpaired) electrons. The predicted molar refractivity (Wildman–Crippen MR) is 80.9 cm³/mol. The third-order valence-electron chi connectivity index (χ3n) is 3.86. The van der Waals surface area contributed by atoms with E-state index in [0.717, 1.165) is 25.7 Å². The summed E-state index contributed by atoms with van der Waals surface area (Å²) in [6.45, 7) is 2.61. The van der Waals surface area contributed by atoms with Crippen LogP contribution < -0.4 is 0 Å². The molecule has 1 aromatic carbocycles.